The van der Waals surface area contributed by atoms with E-state index in [1.165, 1.54) is 12.1 Å². The van der Waals surface area contributed by atoms with Gasteiger partial charge >= 0.3 is 0 Å². The van der Waals surface area contributed by atoms with Crippen molar-refractivity contribution in [2.45, 2.75) is 37.0 Å². The van der Waals surface area contributed by atoms with Gasteiger partial charge in [-0.1, -0.05) is 37.5 Å². The summed E-state index contributed by atoms with van der Waals surface area (Å²) in [5.41, 5.74) is 1.16. The zero-order chi connectivity index (χ0) is 20.1. The first-order valence-corrected chi connectivity index (χ1v) is 11.2. The van der Waals surface area contributed by atoms with E-state index in [0.29, 0.717) is 16.9 Å². The average molecular weight is 401 g/mol. The summed E-state index contributed by atoms with van der Waals surface area (Å²) in [5, 5.41) is 5.60. The van der Waals surface area contributed by atoms with Gasteiger partial charge in [0.1, 0.15) is 0 Å². The Kier molecular flexibility index (Phi) is 6.14. The normalized spacial score (nSPS) is 15.0. The van der Waals surface area contributed by atoms with E-state index >= 15 is 0 Å². The van der Waals surface area contributed by atoms with Crippen LogP contribution in [0.1, 0.15) is 42.5 Å². The minimum Gasteiger partial charge on any atom is -0.325 e. The van der Waals surface area contributed by atoms with Gasteiger partial charge in [-0.2, -0.15) is 0 Å². The molecular formula is C21H24N2O4S. The van der Waals surface area contributed by atoms with Gasteiger partial charge in [0.25, 0.3) is 5.91 Å². The van der Waals surface area contributed by atoms with E-state index in [2.05, 4.69) is 10.6 Å². The van der Waals surface area contributed by atoms with Gasteiger partial charge in [0.05, 0.1) is 16.1 Å². The van der Waals surface area contributed by atoms with Crippen molar-refractivity contribution in [3.63, 3.8) is 0 Å². The molecule has 148 valence electrons. The maximum atomic E-state index is 12.7. The number of nitrogens with one attached hydrogen (secondary N) is 2. The molecule has 2 amide bonds. The molecule has 0 unspecified atom stereocenters. The first-order chi connectivity index (χ1) is 13.3. The highest BCUT2D eigenvalue weighted by Crippen LogP contribution is 2.26. The molecule has 2 aromatic rings. The van der Waals surface area contributed by atoms with Gasteiger partial charge in [-0.3, -0.25) is 9.59 Å². The summed E-state index contributed by atoms with van der Waals surface area (Å²) in [6, 6.07) is 12.9. The van der Waals surface area contributed by atoms with E-state index in [9.17, 15) is 18.0 Å². The summed E-state index contributed by atoms with van der Waals surface area (Å²) in [4.78, 5) is 25.4. The third-order valence-electron chi connectivity index (χ3n) is 4.93. The molecule has 0 heterocycles. The summed E-state index contributed by atoms with van der Waals surface area (Å²) < 4.78 is 23.4. The van der Waals surface area contributed by atoms with Crippen LogP contribution in [0.25, 0.3) is 0 Å². The molecule has 2 N–H and O–H groups in total. The fraction of sp³-hybridized carbons (Fsp3) is 0.333. The van der Waals surface area contributed by atoms with Gasteiger partial charge in [0, 0.05) is 17.9 Å². The number of rotatable bonds is 5. The number of hydrogen-bond acceptors (Lipinski definition) is 4. The SMILES string of the molecule is CS(=O)(=O)c1cccc(NC(=O)c2ccccc2NC(=O)C2CCCCC2)c1. The lowest BCUT2D eigenvalue weighted by molar-refractivity contribution is -0.120. The fourth-order valence-corrected chi connectivity index (χ4v) is 4.06. The van der Waals surface area contributed by atoms with Crippen LogP contribution < -0.4 is 10.6 Å². The molecule has 28 heavy (non-hydrogen) atoms. The van der Waals surface area contributed by atoms with E-state index in [1.54, 1.807) is 36.4 Å². The topological polar surface area (TPSA) is 92.3 Å². The molecule has 0 spiro atoms. The van der Waals surface area contributed by atoms with Gasteiger partial charge in [0.15, 0.2) is 9.84 Å². The molecule has 1 aliphatic rings. The lowest BCUT2D eigenvalue weighted by Gasteiger charge is -2.21. The third kappa shape index (κ3) is 4.98. The number of anilines is 2. The van der Waals surface area contributed by atoms with E-state index < -0.39 is 15.7 Å². The zero-order valence-electron chi connectivity index (χ0n) is 15.8. The Morgan fingerprint density at radius 1 is 0.929 bits per heavy atom. The van der Waals surface area contributed by atoms with Gasteiger partial charge in [0.2, 0.25) is 5.91 Å². The summed E-state index contributed by atoms with van der Waals surface area (Å²) in [5.74, 6) is -0.486. The lowest BCUT2D eigenvalue weighted by atomic mass is 9.88. The number of carbonyl (C=O) groups excluding carboxylic acids is 2. The molecule has 0 bridgehead atoms. The number of hydrogen-bond donors (Lipinski definition) is 2. The molecule has 0 radical (unpaired) electrons. The Morgan fingerprint density at radius 2 is 1.64 bits per heavy atom. The molecular weight excluding hydrogens is 376 g/mol. The van der Waals surface area contributed by atoms with Crippen molar-refractivity contribution in [2.24, 2.45) is 5.92 Å². The monoisotopic (exact) mass is 400 g/mol. The summed E-state index contributed by atoms with van der Waals surface area (Å²) in [6.45, 7) is 0. The Labute approximate surface area is 165 Å². The average Bonchev–Trinajstić information content (AvgIpc) is 2.68. The fourth-order valence-electron chi connectivity index (χ4n) is 3.39. The molecule has 3 rings (SSSR count). The first kappa shape index (κ1) is 20.1. The van der Waals surface area contributed by atoms with Crippen molar-refractivity contribution in [1.29, 1.82) is 0 Å². The molecule has 7 heteroatoms. The van der Waals surface area contributed by atoms with Crippen LogP contribution in [0.4, 0.5) is 11.4 Å². The Balaban J connectivity index is 1.77. The molecule has 1 aliphatic carbocycles. The van der Waals surface area contributed by atoms with Crippen molar-refractivity contribution in [1.82, 2.24) is 0 Å². The summed E-state index contributed by atoms with van der Waals surface area (Å²) >= 11 is 0. The number of sulfone groups is 1. The quantitative estimate of drug-likeness (QED) is 0.797. The molecule has 6 nitrogen and oxygen atoms in total. The minimum atomic E-state index is -3.37. The van der Waals surface area contributed by atoms with Crippen LogP contribution in [-0.2, 0) is 14.6 Å². The van der Waals surface area contributed by atoms with Crippen molar-refractivity contribution < 1.29 is 18.0 Å². The van der Waals surface area contributed by atoms with E-state index in [1.807, 2.05) is 0 Å². The number of benzene rings is 2. The Bertz CT molecular complexity index is 979. The van der Waals surface area contributed by atoms with Crippen molar-refractivity contribution in [2.75, 3.05) is 16.9 Å². The van der Waals surface area contributed by atoms with Gasteiger partial charge in [-0.25, -0.2) is 8.42 Å². The first-order valence-electron chi connectivity index (χ1n) is 9.36. The second-order valence-electron chi connectivity index (χ2n) is 7.12. The molecule has 0 aliphatic heterocycles. The van der Waals surface area contributed by atoms with Crippen molar-refractivity contribution in [3.05, 3.63) is 54.1 Å². The van der Waals surface area contributed by atoms with Crippen molar-refractivity contribution in [3.8, 4) is 0 Å². The highest BCUT2D eigenvalue weighted by molar-refractivity contribution is 7.90. The molecule has 1 fully saturated rings. The number of amides is 2. The molecule has 0 atom stereocenters. The molecule has 0 aromatic heterocycles. The van der Waals surface area contributed by atoms with Crippen LogP contribution in [0, 0.1) is 5.92 Å². The summed E-state index contributed by atoms with van der Waals surface area (Å²) in [7, 11) is -3.37. The molecule has 1 saturated carbocycles. The van der Waals surface area contributed by atoms with Crippen LogP contribution in [0.2, 0.25) is 0 Å². The van der Waals surface area contributed by atoms with Crippen molar-refractivity contribution >= 4 is 33.0 Å². The number of para-hydroxylation sites is 1. The zero-order valence-corrected chi connectivity index (χ0v) is 16.6. The van der Waals surface area contributed by atoms with Gasteiger partial charge < -0.3 is 10.6 Å². The van der Waals surface area contributed by atoms with Gasteiger partial charge in [-0.15, -0.1) is 0 Å². The Morgan fingerprint density at radius 3 is 2.36 bits per heavy atom. The predicted molar refractivity (Wildman–Crippen MR) is 109 cm³/mol. The Hall–Kier alpha value is -2.67. The second kappa shape index (κ2) is 8.56. The maximum Gasteiger partial charge on any atom is 0.257 e. The summed E-state index contributed by atoms with van der Waals surface area (Å²) in [6.07, 6.45) is 6.13. The standard InChI is InChI=1S/C21H24N2O4S/c1-28(26,27)17-11-7-10-16(14-17)22-21(25)18-12-5-6-13-19(18)23-20(24)15-8-3-2-4-9-15/h5-7,10-15H,2-4,8-9H2,1H3,(H,22,25)(H,23,24). The van der Waals surface area contributed by atoms with E-state index in [-0.39, 0.29) is 16.7 Å². The predicted octanol–water partition coefficient (Wildman–Crippen LogP) is 3.86. The van der Waals surface area contributed by atoms with Crippen LogP contribution in [0.15, 0.2) is 53.4 Å². The minimum absolute atomic E-state index is 0.0173. The molecule has 0 saturated heterocycles. The van der Waals surface area contributed by atoms with Crippen LogP contribution >= 0.6 is 0 Å². The van der Waals surface area contributed by atoms with E-state index in [0.717, 1.165) is 38.4 Å². The third-order valence-corrected chi connectivity index (χ3v) is 6.04. The largest absolute Gasteiger partial charge is 0.325 e. The molecule has 2 aromatic carbocycles. The van der Waals surface area contributed by atoms with Crippen LogP contribution in [0.3, 0.4) is 0 Å². The maximum absolute atomic E-state index is 12.7. The second-order valence-corrected chi connectivity index (χ2v) is 9.14. The number of carbonyl (C=O) groups is 2. The highest BCUT2D eigenvalue weighted by atomic mass is 32.2. The highest BCUT2D eigenvalue weighted by Gasteiger charge is 2.22. The van der Waals surface area contributed by atoms with Crippen LogP contribution in [0.5, 0.6) is 0 Å². The smallest absolute Gasteiger partial charge is 0.257 e. The van der Waals surface area contributed by atoms with Gasteiger partial charge in [-0.05, 0) is 43.2 Å². The van der Waals surface area contributed by atoms with Crippen LogP contribution in [-0.4, -0.2) is 26.5 Å². The lowest BCUT2D eigenvalue weighted by Crippen LogP contribution is -2.26. The van der Waals surface area contributed by atoms with E-state index in [4.69, 9.17) is 0 Å².